The molecule has 1 unspecified atom stereocenters. The van der Waals surface area contributed by atoms with Crippen LogP contribution in [-0.2, 0) is 6.42 Å². The number of aromatic nitrogens is 1. The fourth-order valence-corrected chi connectivity index (χ4v) is 6.05. The van der Waals surface area contributed by atoms with Crippen molar-refractivity contribution in [2.75, 3.05) is 18.8 Å². The zero-order valence-electron chi connectivity index (χ0n) is 15.9. The van der Waals surface area contributed by atoms with Gasteiger partial charge in [-0.1, -0.05) is 26.0 Å². The van der Waals surface area contributed by atoms with Crippen LogP contribution in [0.25, 0.3) is 10.9 Å². The molecule has 0 amide bonds. The number of thioether (sulfide) groups is 1. The van der Waals surface area contributed by atoms with Crippen LogP contribution in [-0.4, -0.2) is 34.8 Å². The van der Waals surface area contributed by atoms with E-state index in [4.69, 9.17) is 0 Å². The van der Waals surface area contributed by atoms with E-state index >= 15 is 0 Å². The van der Waals surface area contributed by atoms with Crippen molar-refractivity contribution in [2.45, 2.75) is 62.9 Å². The molecule has 1 aliphatic carbocycles. The SMILES string of the molecule is CCCSc1[nH]c2cccc3c2c1C[C@@H]1C3C[C@@H](CC#N)CN1CCC. The van der Waals surface area contributed by atoms with Crippen molar-refractivity contribution >= 4 is 22.7 Å². The summed E-state index contributed by atoms with van der Waals surface area (Å²) in [6.45, 7) is 6.77. The van der Waals surface area contributed by atoms with Crippen LogP contribution in [0.1, 0.15) is 56.6 Å². The molecule has 2 heterocycles. The van der Waals surface area contributed by atoms with Crippen molar-refractivity contribution in [2.24, 2.45) is 5.92 Å². The van der Waals surface area contributed by atoms with Gasteiger partial charge in [0.2, 0.25) is 0 Å². The number of nitrogens with zero attached hydrogens (tertiary/aromatic N) is 2. The van der Waals surface area contributed by atoms with Crippen LogP contribution in [0.4, 0.5) is 0 Å². The van der Waals surface area contributed by atoms with E-state index in [9.17, 15) is 5.26 Å². The normalized spacial score (nSPS) is 25.2. The average Bonchev–Trinajstić information content (AvgIpc) is 3.00. The predicted molar refractivity (Wildman–Crippen MR) is 110 cm³/mol. The first-order chi connectivity index (χ1) is 12.8. The van der Waals surface area contributed by atoms with Gasteiger partial charge in [0.05, 0.1) is 11.1 Å². The fourth-order valence-electron chi connectivity index (χ4n) is 5.10. The number of likely N-dealkylation sites (tertiary alicyclic amines) is 1. The van der Waals surface area contributed by atoms with Gasteiger partial charge in [-0.05, 0) is 61.1 Å². The molecule has 0 spiro atoms. The number of nitriles is 1. The molecule has 3 atom stereocenters. The van der Waals surface area contributed by atoms with E-state index in [1.807, 2.05) is 11.8 Å². The van der Waals surface area contributed by atoms with Crippen LogP contribution in [0.5, 0.6) is 0 Å². The average molecular weight is 368 g/mol. The van der Waals surface area contributed by atoms with Gasteiger partial charge in [-0.2, -0.15) is 5.26 Å². The van der Waals surface area contributed by atoms with Crippen LogP contribution in [0.3, 0.4) is 0 Å². The number of piperidine rings is 1. The predicted octanol–water partition coefficient (Wildman–Crippen LogP) is 5.32. The van der Waals surface area contributed by atoms with Gasteiger partial charge in [0.25, 0.3) is 0 Å². The van der Waals surface area contributed by atoms with E-state index in [1.54, 1.807) is 5.56 Å². The van der Waals surface area contributed by atoms with Crippen molar-refractivity contribution in [3.8, 4) is 6.07 Å². The standard InChI is InChI=1S/C22H29N3S/c1-3-10-25-14-15(8-9-23)12-17-16-6-5-7-19-21(16)18(13-20(17)25)22(24-19)26-11-4-2/h5-7,15,17,20,24H,3-4,8,10-14H2,1-2H3/t15-,17?,20-/m1/s1. The summed E-state index contributed by atoms with van der Waals surface area (Å²) in [5, 5.41) is 12.1. The molecule has 2 aliphatic rings. The van der Waals surface area contributed by atoms with Gasteiger partial charge in [0.15, 0.2) is 0 Å². The highest BCUT2D eigenvalue weighted by atomic mass is 32.2. The topological polar surface area (TPSA) is 42.8 Å². The Bertz CT molecular complexity index is 819. The fraction of sp³-hybridized carbons (Fsp3) is 0.591. The number of fused-ring (bicyclic) bond motifs is 2. The van der Waals surface area contributed by atoms with Gasteiger partial charge >= 0.3 is 0 Å². The molecule has 4 rings (SSSR count). The first-order valence-corrected chi connectivity index (χ1v) is 11.1. The van der Waals surface area contributed by atoms with E-state index in [2.05, 4.69) is 48.0 Å². The van der Waals surface area contributed by atoms with E-state index in [1.165, 1.54) is 46.5 Å². The zero-order chi connectivity index (χ0) is 18.1. The second-order valence-electron chi connectivity index (χ2n) is 7.89. The van der Waals surface area contributed by atoms with Crippen LogP contribution >= 0.6 is 11.8 Å². The Morgan fingerprint density at radius 1 is 1.31 bits per heavy atom. The molecule has 138 valence electrons. The molecule has 4 heteroatoms. The third kappa shape index (κ3) is 3.06. The number of nitrogens with one attached hydrogen (secondary N) is 1. The number of hydrogen-bond acceptors (Lipinski definition) is 3. The summed E-state index contributed by atoms with van der Waals surface area (Å²) in [6, 6.07) is 9.83. The third-order valence-corrected chi connectivity index (χ3v) is 7.34. The lowest BCUT2D eigenvalue weighted by molar-refractivity contribution is 0.0857. The zero-order valence-corrected chi connectivity index (χ0v) is 16.7. The maximum Gasteiger partial charge on any atom is 0.0765 e. The van der Waals surface area contributed by atoms with Gasteiger partial charge in [0.1, 0.15) is 0 Å². The van der Waals surface area contributed by atoms with E-state index in [0.717, 1.165) is 19.5 Å². The second kappa shape index (κ2) is 7.66. The van der Waals surface area contributed by atoms with Crippen molar-refractivity contribution in [3.63, 3.8) is 0 Å². The van der Waals surface area contributed by atoms with Gasteiger partial charge in [-0.25, -0.2) is 0 Å². The molecule has 26 heavy (non-hydrogen) atoms. The highest BCUT2D eigenvalue weighted by Crippen LogP contribution is 2.47. The molecule has 1 aliphatic heterocycles. The third-order valence-electron chi connectivity index (χ3n) is 6.09. The molecule has 3 nitrogen and oxygen atoms in total. The van der Waals surface area contributed by atoms with Crippen molar-refractivity contribution in [3.05, 3.63) is 29.3 Å². The highest BCUT2D eigenvalue weighted by molar-refractivity contribution is 7.99. The number of hydrogen-bond donors (Lipinski definition) is 1. The lowest BCUT2D eigenvalue weighted by Gasteiger charge is -2.47. The number of aromatic amines is 1. The quantitative estimate of drug-likeness (QED) is 0.702. The van der Waals surface area contributed by atoms with Crippen molar-refractivity contribution in [1.82, 2.24) is 9.88 Å². The Morgan fingerprint density at radius 3 is 2.96 bits per heavy atom. The molecule has 0 radical (unpaired) electrons. The smallest absolute Gasteiger partial charge is 0.0765 e. The monoisotopic (exact) mass is 367 g/mol. The molecule has 0 saturated carbocycles. The number of benzene rings is 1. The van der Waals surface area contributed by atoms with Crippen molar-refractivity contribution in [1.29, 1.82) is 5.26 Å². The highest BCUT2D eigenvalue weighted by Gasteiger charge is 2.41. The number of rotatable bonds is 6. The maximum atomic E-state index is 9.25. The van der Waals surface area contributed by atoms with Crippen LogP contribution in [0, 0.1) is 17.2 Å². The summed E-state index contributed by atoms with van der Waals surface area (Å²) in [5.74, 6) is 2.26. The first-order valence-electron chi connectivity index (χ1n) is 10.1. The van der Waals surface area contributed by atoms with Gasteiger partial charge in [0, 0.05) is 35.8 Å². The van der Waals surface area contributed by atoms with Gasteiger partial charge in [-0.3, -0.25) is 4.90 Å². The van der Waals surface area contributed by atoms with Crippen LogP contribution in [0.2, 0.25) is 0 Å². The lowest BCUT2D eigenvalue weighted by atomic mass is 9.71. The summed E-state index contributed by atoms with van der Waals surface area (Å²) >= 11 is 1.99. The van der Waals surface area contributed by atoms with E-state index < -0.39 is 0 Å². The summed E-state index contributed by atoms with van der Waals surface area (Å²) in [4.78, 5) is 6.41. The van der Waals surface area contributed by atoms with Gasteiger partial charge < -0.3 is 4.98 Å². The summed E-state index contributed by atoms with van der Waals surface area (Å²) in [5.41, 5.74) is 4.38. The molecule has 1 N–H and O–H groups in total. The van der Waals surface area contributed by atoms with E-state index in [0.29, 0.717) is 24.3 Å². The molecule has 0 bridgehead atoms. The molecule has 2 aromatic rings. The maximum absolute atomic E-state index is 9.25. The molecule has 1 saturated heterocycles. The number of H-pyrrole nitrogens is 1. The largest absolute Gasteiger partial charge is 0.349 e. The Balaban J connectivity index is 1.77. The summed E-state index contributed by atoms with van der Waals surface area (Å²) in [6.07, 6.45) is 5.41. The lowest BCUT2D eigenvalue weighted by Crippen LogP contribution is -2.50. The first kappa shape index (κ1) is 17.9. The Hall–Kier alpha value is -1.44. The molecule has 1 fully saturated rings. The van der Waals surface area contributed by atoms with E-state index in [-0.39, 0.29) is 0 Å². The summed E-state index contributed by atoms with van der Waals surface area (Å²) < 4.78 is 0. The minimum absolute atomic E-state index is 0.512. The Kier molecular flexibility index (Phi) is 5.29. The Labute approximate surface area is 161 Å². The minimum Gasteiger partial charge on any atom is -0.349 e. The van der Waals surface area contributed by atoms with Gasteiger partial charge in [-0.15, -0.1) is 11.8 Å². The molecular weight excluding hydrogens is 338 g/mol. The Morgan fingerprint density at radius 2 is 2.19 bits per heavy atom. The van der Waals surface area contributed by atoms with Crippen LogP contribution in [0.15, 0.2) is 23.2 Å². The molecule has 1 aromatic carbocycles. The molecule has 1 aromatic heterocycles. The minimum atomic E-state index is 0.512. The molecular formula is C22H29N3S. The second-order valence-corrected chi connectivity index (χ2v) is 8.99. The summed E-state index contributed by atoms with van der Waals surface area (Å²) in [7, 11) is 0. The van der Waals surface area contributed by atoms with Crippen molar-refractivity contribution < 1.29 is 0 Å². The van der Waals surface area contributed by atoms with Crippen LogP contribution < -0.4 is 0 Å².